The molecule has 0 amide bonds. The van der Waals surface area contributed by atoms with Gasteiger partial charge in [0.25, 0.3) is 0 Å². The highest BCUT2D eigenvalue weighted by atomic mass is 16.5. The maximum atomic E-state index is 12.3. The molecule has 2 N–H and O–H groups in total. The number of carbonyl (C=O) groups is 1. The summed E-state index contributed by atoms with van der Waals surface area (Å²) < 4.78 is 6.69. The van der Waals surface area contributed by atoms with Crippen LogP contribution in [0, 0.1) is 0 Å². The maximum Gasteiger partial charge on any atom is 0.359 e. The van der Waals surface area contributed by atoms with Crippen LogP contribution < -0.4 is 5.73 Å². The normalized spacial score (nSPS) is 10.5. The second kappa shape index (κ2) is 6.36. The van der Waals surface area contributed by atoms with Crippen molar-refractivity contribution in [3.63, 3.8) is 0 Å². The summed E-state index contributed by atoms with van der Waals surface area (Å²) in [6.45, 7) is 2.04. The Hall–Kier alpha value is -3.08. The highest BCUT2D eigenvalue weighted by Crippen LogP contribution is 2.31. The van der Waals surface area contributed by atoms with Gasteiger partial charge in [0.1, 0.15) is 5.82 Å². The fourth-order valence-corrected chi connectivity index (χ4v) is 2.43. The first-order chi connectivity index (χ1) is 11.2. The summed E-state index contributed by atoms with van der Waals surface area (Å²) >= 11 is 0. The summed E-state index contributed by atoms with van der Waals surface area (Å²) in [5, 5.41) is 4.39. The number of esters is 1. The van der Waals surface area contributed by atoms with E-state index >= 15 is 0 Å². The summed E-state index contributed by atoms with van der Waals surface area (Å²) in [6.07, 6.45) is 0. The third-order valence-corrected chi connectivity index (χ3v) is 3.45. The number of para-hydroxylation sites is 1. The Balaban J connectivity index is 2.20. The van der Waals surface area contributed by atoms with E-state index < -0.39 is 5.97 Å². The first-order valence-electron chi connectivity index (χ1n) is 7.38. The predicted octanol–water partition coefficient (Wildman–Crippen LogP) is 3.30. The van der Waals surface area contributed by atoms with Gasteiger partial charge in [0, 0.05) is 0 Å². The lowest BCUT2D eigenvalue weighted by atomic mass is 10.1. The lowest BCUT2D eigenvalue weighted by Gasteiger charge is -2.05. The van der Waals surface area contributed by atoms with Gasteiger partial charge in [-0.25, -0.2) is 9.48 Å². The van der Waals surface area contributed by atoms with Crippen molar-refractivity contribution in [1.29, 1.82) is 0 Å². The quantitative estimate of drug-likeness (QED) is 0.751. The van der Waals surface area contributed by atoms with Crippen LogP contribution in [0.5, 0.6) is 0 Å². The first kappa shape index (κ1) is 14.8. The molecule has 2 aromatic carbocycles. The van der Waals surface area contributed by atoms with Crippen LogP contribution in [0.4, 0.5) is 5.82 Å². The first-order valence-corrected chi connectivity index (χ1v) is 7.38. The highest BCUT2D eigenvalue weighted by molar-refractivity contribution is 5.98. The Morgan fingerprint density at radius 1 is 1.09 bits per heavy atom. The number of benzene rings is 2. The summed E-state index contributed by atoms with van der Waals surface area (Å²) in [5.74, 6) is -0.0711. The monoisotopic (exact) mass is 307 g/mol. The second-order valence-electron chi connectivity index (χ2n) is 4.94. The number of carbonyl (C=O) groups excluding carboxylic acids is 1. The van der Waals surface area contributed by atoms with Gasteiger partial charge in [-0.1, -0.05) is 48.5 Å². The molecule has 23 heavy (non-hydrogen) atoms. The van der Waals surface area contributed by atoms with Crippen LogP contribution in [0.25, 0.3) is 16.8 Å². The topological polar surface area (TPSA) is 70.1 Å². The van der Waals surface area contributed by atoms with Crippen LogP contribution in [-0.2, 0) is 4.74 Å². The van der Waals surface area contributed by atoms with Crippen molar-refractivity contribution in [1.82, 2.24) is 9.78 Å². The average molecular weight is 307 g/mol. The van der Waals surface area contributed by atoms with Crippen molar-refractivity contribution in [3.05, 3.63) is 66.4 Å². The van der Waals surface area contributed by atoms with E-state index in [9.17, 15) is 4.79 Å². The molecule has 0 aliphatic carbocycles. The van der Waals surface area contributed by atoms with Gasteiger partial charge >= 0.3 is 5.97 Å². The molecule has 1 heterocycles. The van der Waals surface area contributed by atoms with E-state index in [1.165, 1.54) is 0 Å². The third-order valence-electron chi connectivity index (χ3n) is 3.45. The minimum Gasteiger partial charge on any atom is -0.461 e. The molecule has 116 valence electrons. The third kappa shape index (κ3) is 2.81. The van der Waals surface area contributed by atoms with Gasteiger partial charge in [-0.15, -0.1) is 0 Å². The Kier molecular flexibility index (Phi) is 4.10. The van der Waals surface area contributed by atoms with Crippen LogP contribution in [0.2, 0.25) is 0 Å². The molecule has 0 radical (unpaired) electrons. The van der Waals surface area contributed by atoms with E-state index in [-0.39, 0.29) is 12.3 Å². The zero-order valence-corrected chi connectivity index (χ0v) is 12.8. The number of anilines is 1. The fraction of sp³-hybridized carbons (Fsp3) is 0.111. The van der Waals surface area contributed by atoms with Crippen LogP contribution in [0.15, 0.2) is 60.7 Å². The zero-order valence-electron chi connectivity index (χ0n) is 12.8. The van der Waals surface area contributed by atoms with Crippen molar-refractivity contribution in [2.24, 2.45) is 0 Å². The van der Waals surface area contributed by atoms with Crippen LogP contribution in [0.3, 0.4) is 0 Å². The highest BCUT2D eigenvalue weighted by Gasteiger charge is 2.24. The van der Waals surface area contributed by atoms with Gasteiger partial charge in [0.05, 0.1) is 17.9 Å². The second-order valence-corrected chi connectivity index (χ2v) is 4.94. The van der Waals surface area contributed by atoms with E-state index in [0.29, 0.717) is 11.4 Å². The molecular weight excluding hydrogens is 290 g/mol. The number of hydrogen-bond donors (Lipinski definition) is 1. The van der Waals surface area contributed by atoms with E-state index in [0.717, 1.165) is 11.3 Å². The molecule has 1 aromatic heterocycles. The molecule has 0 atom stereocenters. The molecule has 0 saturated heterocycles. The Bertz CT molecular complexity index is 811. The Morgan fingerprint density at radius 3 is 2.30 bits per heavy atom. The lowest BCUT2D eigenvalue weighted by molar-refractivity contribution is 0.0520. The van der Waals surface area contributed by atoms with Gasteiger partial charge in [0.15, 0.2) is 5.69 Å². The Morgan fingerprint density at radius 2 is 1.70 bits per heavy atom. The largest absolute Gasteiger partial charge is 0.461 e. The van der Waals surface area contributed by atoms with Crippen LogP contribution >= 0.6 is 0 Å². The molecule has 0 bridgehead atoms. The van der Waals surface area contributed by atoms with E-state index in [2.05, 4.69) is 5.10 Å². The summed E-state index contributed by atoms with van der Waals surface area (Å²) in [4.78, 5) is 12.3. The SMILES string of the molecule is CCOC(=O)c1nn(-c2ccccc2)c(N)c1-c1ccccc1. The van der Waals surface area contributed by atoms with Crippen molar-refractivity contribution < 1.29 is 9.53 Å². The van der Waals surface area contributed by atoms with Gasteiger partial charge < -0.3 is 10.5 Å². The van der Waals surface area contributed by atoms with Gasteiger partial charge in [-0.2, -0.15) is 5.10 Å². The molecule has 3 aromatic rings. The molecule has 3 rings (SSSR count). The molecule has 0 aliphatic heterocycles. The number of nitrogens with two attached hydrogens (primary N) is 1. The summed E-state index contributed by atoms with van der Waals surface area (Å²) in [6, 6.07) is 18.9. The van der Waals surface area contributed by atoms with Crippen molar-refractivity contribution in [2.45, 2.75) is 6.92 Å². The standard InChI is InChI=1S/C18H17N3O2/c1-2-23-18(22)16-15(13-9-5-3-6-10-13)17(19)21(20-16)14-11-7-4-8-12-14/h3-12H,2,19H2,1H3. The molecule has 0 aliphatic rings. The van der Waals surface area contributed by atoms with E-state index in [4.69, 9.17) is 10.5 Å². The van der Waals surface area contributed by atoms with Crippen LogP contribution in [-0.4, -0.2) is 22.4 Å². The van der Waals surface area contributed by atoms with Gasteiger partial charge in [-0.05, 0) is 24.6 Å². The maximum absolute atomic E-state index is 12.3. The number of nitrogens with zero attached hydrogens (tertiary/aromatic N) is 2. The number of hydrogen-bond acceptors (Lipinski definition) is 4. The number of aromatic nitrogens is 2. The predicted molar refractivity (Wildman–Crippen MR) is 89.4 cm³/mol. The molecular formula is C18H17N3O2. The van der Waals surface area contributed by atoms with Crippen molar-refractivity contribution in [2.75, 3.05) is 12.3 Å². The minimum atomic E-state index is -0.479. The van der Waals surface area contributed by atoms with E-state index in [1.807, 2.05) is 60.7 Å². The van der Waals surface area contributed by atoms with Crippen molar-refractivity contribution >= 4 is 11.8 Å². The summed E-state index contributed by atoms with van der Waals surface area (Å²) in [5.41, 5.74) is 8.73. The molecule has 0 unspecified atom stereocenters. The Labute approximate surface area is 134 Å². The fourth-order valence-electron chi connectivity index (χ4n) is 2.43. The molecule has 0 spiro atoms. The molecule has 5 nitrogen and oxygen atoms in total. The van der Waals surface area contributed by atoms with Gasteiger partial charge in [-0.3, -0.25) is 0 Å². The molecule has 5 heteroatoms. The number of rotatable bonds is 4. The molecule has 0 fully saturated rings. The van der Waals surface area contributed by atoms with Crippen LogP contribution in [0.1, 0.15) is 17.4 Å². The number of nitrogen functional groups attached to an aromatic ring is 1. The van der Waals surface area contributed by atoms with Crippen molar-refractivity contribution in [3.8, 4) is 16.8 Å². The summed E-state index contributed by atoms with van der Waals surface area (Å²) in [7, 11) is 0. The number of ether oxygens (including phenoxy) is 1. The van der Waals surface area contributed by atoms with Gasteiger partial charge in [0.2, 0.25) is 0 Å². The zero-order chi connectivity index (χ0) is 16.2. The smallest absolute Gasteiger partial charge is 0.359 e. The average Bonchev–Trinajstić information content (AvgIpc) is 2.94. The minimum absolute atomic E-state index is 0.222. The van der Waals surface area contributed by atoms with E-state index in [1.54, 1.807) is 11.6 Å². The lowest BCUT2D eigenvalue weighted by Crippen LogP contribution is -2.07. The molecule has 0 saturated carbocycles.